The fourth-order valence-electron chi connectivity index (χ4n) is 2.05. The number of ether oxygens (including phenoxy) is 1. The van der Waals surface area contributed by atoms with Crippen molar-refractivity contribution >= 4 is 11.7 Å². The predicted molar refractivity (Wildman–Crippen MR) is 72.6 cm³/mol. The molecule has 0 atom stereocenters. The molecule has 1 aromatic rings. The summed E-state index contributed by atoms with van der Waals surface area (Å²) in [6, 6.07) is 3.07. The van der Waals surface area contributed by atoms with Crippen LogP contribution < -0.4 is 0 Å². The number of aliphatic imine (C=N–C) groups is 1. The summed E-state index contributed by atoms with van der Waals surface area (Å²) in [5.41, 5.74) is -0.963. The number of carbonyl (C=O) groups is 1. The SMILES string of the molecule is CCC(=O)c1cc(C(F)(F)F)ccc1C1=NC(C)(C)CO1. The molecule has 0 saturated carbocycles. The Labute approximate surface area is 120 Å². The van der Waals surface area contributed by atoms with Gasteiger partial charge in [0.2, 0.25) is 5.90 Å². The highest BCUT2D eigenvalue weighted by Crippen LogP contribution is 2.32. The highest BCUT2D eigenvalue weighted by atomic mass is 19.4. The molecule has 1 aromatic carbocycles. The van der Waals surface area contributed by atoms with Gasteiger partial charge in [-0.3, -0.25) is 4.79 Å². The maximum absolute atomic E-state index is 12.8. The Bertz CT molecular complexity index is 603. The van der Waals surface area contributed by atoms with Crippen molar-refractivity contribution in [1.82, 2.24) is 0 Å². The molecule has 0 fully saturated rings. The fourth-order valence-corrected chi connectivity index (χ4v) is 2.05. The van der Waals surface area contributed by atoms with Gasteiger partial charge in [-0.05, 0) is 32.0 Å². The van der Waals surface area contributed by atoms with E-state index in [4.69, 9.17) is 4.74 Å². The minimum atomic E-state index is -4.49. The topological polar surface area (TPSA) is 38.7 Å². The summed E-state index contributed by atoms with van der Waals surface area (Å²) in [5, 5.41) is 0. The monoisotopic (exact) mass is 299 g/mol. The molecule has 114 valence electrons. The van der Waals surface area contributed by atoms with Crippen LogP contribution in [0.25, 0.3) is 0 Å². The standard InChI is InChI=1S/C15H16F3NO2/c1-4-12(20)11-7-9(15(16,17)18)5-6-10(11)13-19-14(2,3)8-21-13/h5-7H,4,8H2,1-3H3. The summed E-state index contributed by atoms with van der Waals surface area (Å²) < 4.78 is 43.8. The van der Waals surface area contributed by atoms with Crippen molar-refractivity contribution in [3.05, 3.63) is 34.9 Å². The maximum atomic E-state index is 12.8. The van der Waals surface area contributed by atoms with Crippen molar-refractivity contribution in [1.29, 1.82) is 0 Å². The quantitative estimate of drug-likeness (QED) is 0.795. The van der Waals surface area contributed by atoms with Gasteiger partial charge >= 0.3 is 6.18 Å². The van der Waals surface area contributed by atoms with Crippen LogP contribution in [0.2, 0.25) is 0 Å². The Morgan fingerprint density at radius 2 is 2.05 bits per heavy atom. The molecule has 0 amide bonds. The second-order valence-corrected chi connectivity index (χ2v) is 5.55. The van der Waals surface area contributed by atoms with E-state index >= 15 is 0 Å². The Kier molecular flexibility index (Phi) is 3.82. The van der Waals surface area contributed by atoms with E-state index in [2.05, 4.69) is 4.99 Å². The van der Waals surface area contributed by atoms with Gasteiger partial charge in [-0.1, -0.05) is 6.92 Å². The maximum Gasteiger partial charge on any atom is 0.416 e. The molecule has 21 heavy (non-hydrogen) atoms. The minimum Gasteiger partial charge on any atom is -0.475 e. The Morgan fingerprint density at radius 3 is 2.52 bits per heavy atom. The third-order valence-corrected chi connectivity index (χ3v) is 3.17. The summed E-state index contributed by atoms with van der Waals surface area (Å²) in [6.45, 7) is 5.65. The van der Waals surface area contributed by atoms with Crippen molar-refractivity contribution < 1.29 is 22.7 Å². The zero-order valence-corrected chi connectivity index (χ0v) is 12.0. The number of hydrogen-bond donors (Lipinski definition) is 0. The lowest BCUT2D eigenvalue weighted by molar-refractivity contribution is -0.137. The van der Waals surface area contributed by atoms with E-state index in [9.17, 15) is 18.0 Å². The van der Waals surface area contributed by atoms with E-state index in [1.165, 1.54) is 6.07 Å². The van der Waals surface area contributed by atoms with Crippen LogP contribution in [0.4, 0.5) is 13.2 Å². The van der Waals surface area contributed by atoms with E-state index in [1.807, 2.05) is 13.8 Å². The van der Waals surface area contributed by atoms with Gasteiger partial charge in [-0.15, -0.1) is 0 Å². The minimum absolute atomic E-state index is 0.00350. The first-order valence-electron chi connectivity index (χ1n) is 6.61. The molecule has 0 radical (unpaired) electrons. The molecule has 0 aliphatic carbocycles. The highest BCUT2D eigenvalue weighted by molar-refractivity contribution is 6.08. The van der Waals surface area contributed by atoms with Crippen LogP contribution in [0, 0.1) is 0 Å². The van der Waals surface area contributed by atoms with Gasteiger partial charge in [-0.25, -0.2) is 4.99 Å². The number of ketones is 1. The van der Waals surface area contributed by atoms with E-state index < -0.39 is 17.3 Å². The van der Waals surface area contributed by atoms with Crippen LogP contribution in [-0.2, 0) is 10.9 Å². The number of hydrogen-bond acceptors (Lipinski definition) is 3. The molecule has 1 heterocycles. The lowest BCUT2D eigenvalue weighted by Gasteiger charge is -2.12. The summed E-state index contributed by atoms with van der Waals surface area (Å²) in [5.74, 6) is -0.141. The van der Waals surface area contributed by atoms with Gasteiger partial charge in [0, 0.05) is 17.5 Å². The first-order chi connectivity index (χ1) is 9.64. The molecule has 0 N–H and O–H groups in total. The van der Waals surface area contributed by atoms with Gasteiger partial charge in [0.25, 0.3) is 0 Å². The van der Waals surface area contributed by atoms with Crippen LogP contribution >= 0.6 is 0 Å². The first kappa shape index (κ1) is 15.5. The molecule has 0 bridgehead atoms. The smallest absolute Gasteiger partial charge is 0.416 e. The summed E-state index contributed by atoms with van der Waals surface area (Å²) in [6.07, 6.45) is -4.37. The molecular formula is C15H16F3NO2. The number of alkyl halides is 3. The van der Waals surface area contributed by atoms with Gasteiger partial charge in [0.1, 0.15) is 6.61 Å². The van der Waals surface area contributed by atoms with Crippen LogP contribution in [0.5, 0.6) is 0 Å². The highest BCUT2D eigenvalue weighted by Gasteiger charge is 2.34. The molecule has 1 aliphatic rings. The van der Waals surface area contributed by atoms with Crippen molar-refractivity contribution in [2.45, 2.75) is 38.9 Å². The number of benzene rings is 1. The normalized spacial score (nSPS) is 17.3. The van der Waals surface area contributed by atoms with Crippen molar-refractivity contribution in [3.63, 3.8) is 0 Å². The molecule has 1 aliphatic heterocycles. The third-order valence-electron chi connectivity index (χ3n) is 3.17. The Morgan fingerprint density at radius 1 is 1.38 bits per heavy atom. The summed E-state index contributed by atoms with van der Waals surface area (Å²) in [7, 11) is 0. The van der Waals surface area contributed by atoms with E-state index in [0.29, 0.717) is 12.2 Å². The molecule has 2 rings (SSSR count). The van der Waals surface area contributed by atoms with Gasteiger partial charge in [-0.2, -0.15) is 13.2 Å². The lowest BCUT2D eigenvalue weighted by Crippen LogP contribution is -2.17. The number of Topliss-reactive ketones (excluding diaryl/α,β-unsaturated/α-hetero) is 1. The van der Waals surface area contributed by atoms with Gasteiger partial charge in [0.15, 0.2) is 5.78 Å². The number of halogens is 3. The summed E-state index contributed by atoms with van der Waals surface area (Å²) in [4.78, 5) is 16.3. The zero-order chi connectivity index (χ0) is 15.8. The largest absolute Gasteiger partial charge is 0.475 e. The number of rotatable bonds is 3. The second kappa shape index (κ2) is 5.16. The van der Waals surface area contributed by atoms with Crippen LogP contribution in [0.15, 0.2) is 23.2 Å². The lowest BCUT2D eigenvalue weighted by atomic mass is 9.98. The van der Waals surface area contributed by atoms with E-state index in [-0.39, 0.29) is 23.7 Å². The first-order valence-corrected chi connectivity index (χ1v) is 6.61. The van der Waals surface area contributed by atoms with E-state index in [1.54, 1.807) is 6.92 Å². The number of nitrogens with zero attached hydrogens (tertiary/aromatic N) is 1. The molecule has 0 saturated heterocycles. The average molecular weight is 299 g/mol. The fraction of sp³-hybridized carbons (Fsp3) is 0.467. The van der Waals surface area contributed by atoms with E-state index in [0.717, 1.165) is 12.1 Å². The molecule has 3 nitrogen and oxygen atoms in total. The Hall–Kier alpha value is -1.85. The predicted octanol–water partition coefficient (Wildman–Crippen LogP) is 3.85. The van der Waals surface area contributed by atoms with Crippen LogP contribution in [-0.4, -0.2) is 23.8 Å². The van der Waals surface area contributed by atoms with Gasteiger partial charge < -0.3 is 4.74 Å². The molecular weight excluding hydrogens is 283 g/mol. The molecule has 0 unspecified atom stereocenters. The Balaban J connectivity index is 2.54. The second-order valence-electron chi connectivity index (χ2n) is 5.55. The third kappa shape index (κ3) is 3.25. The van der Waals surface area contributed by atoms with Gasteiger partial charge in [0.05, 0.1) is 11.1 Å². The average Bonchev–Trinajstić information content (AvgIpc) is 2.76. The summed E-state index contributed by atoms with van der Waals surface area (Å²) >= 11 is 0. The van der Waals surface area contributed by atoms with Crippen molar-refractivity contribution in [2.75, 3.05) is 6.61 Å². The molecule has 0 aromatic heterocycles. The number of carbonyl (C=O) groups excluding carboxylic acids is 1. The van der Waals surface area contributed by atoms with Crippen molar-refractivity contribution in [2.24, 2.45) is 4.99 Å². The van der Waals surface area contributed by atoms with Crippen molar-refractivity contribution in [3.8, 4) is 0 Å². The molecule has 0 spiro atoms. The zero-order valence-electron chi connectivity index (χ0n) is 12.0. The molecule has 6 heteroatoms. The van der Waals surface area contributed by atoms with Crippen LogP contribution in [0.1, 0.15) is 48.7 Å². The van der Waals surface area contributed by atoms with Crippen LogP contribution in [0.3, 0.4) is 0 Å².